The van der Waals surface area contributed by atoms with Crippen LogP contribution < -0.4 is 10.1 Å². The summed E-state index contributed by atoms with van der Waals surface area (Å²) in [6, 6.07) is 15.6. The molecule has 0 radical (unpaired) electrons. The zero-order chi connectivity index (χ0) is 22.5. The SMILES string of the molecule is Cc1cccc(-c2noc(CN3CCCC(C(=O)Nc4cccc(OC(C)C)c4)C3)n2)c1. The van der Waals surface area contributed by atoms with Crippen LogP contribution in [0.5, 0.6) is 5.75 Å². The molecule has 1 atom stereocenters. The van der Waals surface area contributed by atoms with Crippen molar-refractivity contribution in [1.29, 1.82) is 0 Å². The number of benzene rings is 2. The van der Waals surface area contributed by atoms with Gasteiger partial charge in [0.15, 0.2) is 0 Å². The van der Waals surface area contributed by atoms with Gasteiger partial charge in [-0.3, -0.25) is 9.69 Å². The number of nitrogens with zero attached hydrogens (tertiary/aromatic N) is 3. The molecular weight excluding hydrogens is 404 g/mol. The summed E-state index contributed by atoms with van der Waals surface area (Å²) in [7, 11) is 0. The number of amides is 1. The maximum Gasteiger partial charge on any atom is 0.241 e. The van der Waals surface area contributed by atoms with Gasteiger partial charge in [0.05, 0.1) is 18.6 Å². The van der Waals surface area contributed by atoms with Gasteiger partial charge in [0, 0.05) is 23.9 Å². The van der Waals surface area contributed by atoms with Crippen molar-refractivity contribution in [3.05, 3.63) is 60.0 Å². The minimum absolute atomic E-state index is 0.0300. The lowest BCUT2D eigenvalue weighted by Gasteiger charge is -2.30. The highest BCUT2D eigenvalue weighted by Crippen LogP contribution is 2.23. The third-order valence-electron chi connectivity index (χ3n) is 5.45. The number of hydrogen-bond acceptors (Lipinski definition) is 6. The molecule has 1 amide bonds. The molecule has 1 N–H and O–H groups in total. The second kappa shape index (κ2) is 9.96. The lowest BCUT2D eigenvalue weighted by atomic mass is 9.97. The molecule has 2 heterocycles. The molecule has 1 aliphatic heterocycles. The molecule has 0 spiro atoms. The fraction of sp³-hybridized carbons (Fsp3) is 0.400. The quantitative estimate of drug-likeness (QED) is 0.581. The number of piperidine rings is 1. The second-order valence-electron chi connectivity index (χ2n) is 8.64. The van der Waals surface area contributed by atoms with Crippen molar-refractivity contribution in [2.24, 2.45) is 5.92 Å². The number of ether oxygens (including phenoxy) is 1. The molecule has 1 unspecified atom stereocenters. The average molecular weight is 435 g/mol. The van der Waals surface area contributed by atoms with Gasteiger partial charge in [-0.2, -0.15) is 4.98 Å². The fourth-order valence-corrected chi connectivity index (χ4v) is 3.99. The summed E-state index contributed by atoms with van der Waals surface area (Å²) < 4.78 is 11.2. The molecule has 1 aromatic heterocycles. The van der Waals surface area contributed by atoms with Gasteiger partial charge in [-0.1, -0.05) is 35.0 Å². The Morgan fingerprint density at radius 3 is 2.91 bits per heavy atom. The molecule has 7 nitrogen and oxygen atoms in total. The van der Waals surface area contributed by atoms with Crippen molar-refractivity contribution >= 4 is 11.6 Å². The highest BCUT2D eigenvalue weighted by molar-refractivity contribution is 5.92. The summed E-state index contributed by atoms with van der Waals surface area (Å²) >= 11 is 0. The average Bonchev–Trinajstić information content (AvgIpc) is 3.22. The number of likely N-dealkylation sites (tertiary alicyclic amines) is 1. The van der Waals surface area contributed by atoms with E-state index in [1.807, 2.05) is 69.3 Å². The van der Waals surface area contributed by atoms with Gasteiger partial charge in [0.1, 0.15) is 5.75 Å². The summed E-state index contributed by atoms with van der Waals surface area (Å²) in [6.45, 7) is 8.11. The summed E-state index contributed by atoms with van der Waals surface area (Å²) in [6.07, 6.45) is 1.90. The first-order chi connectivity index (χ1) is 15.5. The predicted molar refractivity (Wildman–Crippen MR) is 123 cm³/mol. The Labute approximate surface area is 188 Å². The summed E-state index contributed by atoms with van der Waals surface area (Å²) in [5, 5.41) is 7.17. The van der Waals surface area contributed by atoms with E-state index in [-0.39, 0.29) is 17.9 Å². The number of anilines is 1. The van der Waals surface area contributed by atoms with Crippen LogP contribution in [0, 0.1) is 12.8 Å². The Morgan fingerprint density at radius 1 is 1.25 bits per heavy atom. The van der Waals surface area contributed by atoms with Crippen molar-refractivity contribution in [2.75, 3.05) is 18.4 Å². The smallest absolute Gasteiger partial charge is 0.241 e. The van der Waals surface area contributed by atoms with Crippen LogP contribution in [0.15, 0.2) is 53.1 Å². The number of aromatic nitrogens is 2. The van der Waals surface area contributed by atoms with E-state index in [1.165, 1.54) is 0 Å². The van der Waals surface area contributed by atoms with E-state index in [9.17, 15) is 4.79 Å². The molecule has 1 fully saturated rings. The van der Waals surface area contributed by atoms with Crippen molar-refractivity contribution in [1.82, 2.24) is 15.0 Å². The van der Waals surface area contributed by atoms with Crippen LogP contribution in [0.2, 0.25) is 0 Å². The van der Waals surface area contributed by atoms with Crippen LogP contribution in [0.3, 0.4) is 0 Å². The first kappa shape index (κ1) is 22.0. The number of nitrogens with one attached hydrogen (secondary N) is 1. The first-order valence-electron chi connectivity index (χ1n) is 11.2. The van der Waals surface area contributed by atoms with Gasteiger partial charge in [0.25, 0.3) is 0 Å². The van der Waals surface area contributed by atoms with Gasteiger partial charge in [-0.05, 0) is 58.4 Å². The zero-order valence-electron chi connectivity index (χ0n) is 18.9. The topological polar surface area (TPSA) is 80.5 Å². The maximum atomic E-state index is 12.9. The van der Waals surface area contributed by atoms with Crippen LogP contribution in [0.4, 0.5) is 5.69 Å². The monoisotopic (exact) mass is 434 g/mol. The van der Waals surface area contributed by atoms with Crippen LogP contribution in [-0.2, 0) is 11.3 Å². The lowest BCUT2D eigenvalue weighted by molar-refractivity contribution is -0.121. The molecule has 2 aromatic carbocycles. The normalized spacial score (nSPS) is 16.8. The molecule has 0 bridgehead atoms. The van der Waals surface area contributed by atoms with Gasteiger partial charge >= 0.3 is 0 Å². The molecule has 7 heteroatoms. The molecule has 0 saturated carbocycles. The van der Waals surface area contributed by atoms with Crippen LogP contribution in [0.1, 0.15) is 38.1 Å². The molecular formula is C25H30N4O3. The standard InChI is InChI=1S/C25H30N4O3/c1-17(2)31-22-11-5-10-21(14-22)26-25(30)20-9-6-12-29(15-20)16-23-27-24(28-32-23)19-8-4-7-18(3)13-19/h4-5,7-8,10-11,13-14,17,20H,6,9,12,15-16H2,1-3H3,(H,26,30). The Morgan fingerprint density at radius 2 is 2.09 bits per heavy atom. The minimum atomic E-state index is -0.0856. The van der Waals surface area contributed by atoms with Crippen molar-refractivity contribution in [3.63, 3.8) is 0 Å². The maximum absolute atomic E-state index is 12.9. The minimum Gasteiger partial charge on any atom is -0.491 e. The Kier molecular flexibility index (Phi) is 6.85. The number of carbonyl (C=O) groups is 1. The Balaban J connectivity index is 1.35. The molecule has 168 valence electrons. The number of hydrogen-bond donors (Lipinski definition) is 1. The molecule has 1 aliphatic rings. The highest BCUT2D eigenvalue weighted by Gasteiger charge is 2.27. The molecule has 1 saturated heterocycles. The van der Waals surface area contributed by atoms with Gasteiger partial charge in [0.2, 0.25) is 17.6 Å². The van der Waals surface area contributed by atoms with E-state index < -0.39 is 0 Å². The fourth-order valence-electron chi connectivity index (χ4n) is 3.99. The third kappa shape index (κ3) is 5.73. The zero-order valence-corrected chi connectivity index (χ0v) is 18.9. The predicted octanol–water partition coefficient (Wildman–Crippen LogP) is 4.68. The molecule has 0 aliphatic carbocycles. The summed E-state index contributed by atoms with van der Waals surface area (Å²) in [5.41, 5.74) is 2.85. The second-order valence-corrected chi connectivity index (χ2v) is 8.64. The van der Waals surface area contributed by atoms with E-state index in [2.05, 4.69) is 20.4 Å². The van der Waals surface area contributed by atoms with E-state index in [1.54, 1.807) is 0 Å². The van der Waals surface area contributed by atoms with Gasteiger partial charge < -0.3 is 14.6 Å². The number of aryl methyl sites for hydroxylation is 1. The van der Waals surface area contributed by atoms with E-state index in [0.29, 0.717) is 24.8 Å². The summed E-state index contributed by atoms with van der Waals surface area (Å²) in [4.78, 5) is 19.7. The highest BCUT2D eigenvalue weighted by atomic mass is 16.5. The van der Waals surface area contributed by atoms with Crippen LogP contribution >= 0.6 is 0 Å². The first-order valence-corrected chi connectivity index (χ1v) is 11.2. The molecule has 3 aromatic rings. The third-order valence-corrected chi connectivity index (χ3v) is 5.45. The summed E-state index contributed by atoms with van der Waals surface area (Å²) in [5.74, 6) is 1.86. The number of carbonyl (C=O) groups excluding carboxylic acids is 1. The van der Waals surface area contributed by atoms with Crippen molar-refractivity contribution in [3.8, 4) is 17.1 Å². The van der Waals surface area contributed by atoms with E-state index in [0.717, 1.165) is 42.0 Å². The number of rotatable bonds is 7. The van der Waals surface area contributed by atoms with E-state index >= 15 is 0 Å². The molecule has 32 heavy (non-hydrogen) atoms. The van der Waals surface area contributed by atoms with Gasteiger partial charge in [-0.15, -0.1) is 0 Å². The van der Waals surface area contributed by atoms with E-state index in [4.69, 9.17) is 9.26 Å². The van der Waals surface area contributed by atoms with Gasteiger partial charge in [-0.25, -0.2) is 0 Å². The largest absolute Gasteiger partial charge is 0.491 e. The Bertz CT molecular complexity index is 1060. The van der Waals surface area contributed by atoms with Crippen molar-refractivity contribution < 1.29 is 14.1 Å². The lowest BCUT2D eigenvalue weighted by Crippen LogP contribution is -2.40. The molecule has 4 rings (SSSR count). The van der Waals surface area contributed by atoms with Crippen molar-refractivity contribution in [2.45, 2.75) is 46.3 Å². The Hall–Kier alpha value is -3.19. The van der Waals surface area contributed by atoms with Crippen LogP contribution in [-0.4, -0.2) is 40.1 Å². The van der Waals surface area contributed by atoms with Crippen LogP contribution in [0.25, 0.3) is 11.4 Å².